The molecule has 2 N–H and O–H groups in total. The summed E-state index contributed by atoms with van der Waals surface area (Å²) in [6.45, 7) is 3.04. The number of rotatable bonds is 8. The molecule has 0 fully saturated rings. The van der Waals surface area contributed by atoms with Crippen molar-refractivity contribution in [1.29, 1.82) is 0 Å². The van der Waals surface area contributed by atoms with Gasteiger partial charge in [-0.15, -0.1) is 0 Å². The van der Waals surface area contributed by atoms with E-state index in [0.717, 1.165) is 5.56 Å². The summed E-state index contributed by atoms with van der Waals surface area (Å²) < 4.78 is 10.5. The molecule has 0 aliphatic carbocycles. The first-order valence-electron chi connectivity index (χ1n) is 9.20. The highest BCUT2D eigenvalue weighted by Gasteiger charge is 2.09. The van der Waals surface area contributed by atoms with Crippen LogP contribution in [0.3, 0.4) is 0 Å². The van der Waals surface area contributed by atoms with Crippen LogP contribution in [0.4, 0.5) is 5.95 Å². The van der Waals surface area contributed by atoms with Crippen molar-refractivity contribution in [3.8, 4) is 11.5 Å². The van der Waals surface area contributed by atoms with Crippen LogP contribution in [0.5, 0.6) is 11.5 Å². The van der Waals surface area contributed by atoms with E-state index in [2.05, 4.69) is 39.7 Å². The summed E-state index contributed by atoms with van der Waals surface area (Å²) in [6.07, 6.45) is 3.02. The molecule has 0 bridgehead atoms. The zero-order valence-electron chi connectivity index (χ0n) is 16.7. The third-order valence-electron chi connectivity index (χ3n) is 4.51. The van der Waals surface area contributed by atoms with E-state index in [4.69, 9.17) is 9.47 Å². The zero-order valence-corrected chi connectivity index (χ0v) is 16.7. The highest BCUT2D eigenvalue weighted by Crippen LogP contribution is 2.27. The van der Waals surface area contributed by atoms with Crippen LogP contribution in [0.2, 0.25) is 0 Å². The van der Waals surface area contributed by atoms with E-state index < -0.39 is 0 Å². The van der Waals surface area contributed by atoms with Gasteiger partial charge in [-0.05, 0) is 35.7 Å². The van der Waals surface area contributed by atoms with E-state index in [9.17, 15) is 4.79 Å². The Balaban J connectivity index is 1.55. The van der Waals surface area contributed by atoms with Gasteiger partial charge in [0, 0.05) is 25.5 Å². The molecule has 0 spiro atoms. The molecule has 0 aliphatic rings. The van der Waals surface area contributed by atoms with Gasteiger partial charge in [0.1, 0.15) is 0 Å². The van der Waals surface area contributed by atoms with Crippen LogP contribution in [-0.4, -0.2) is 30.1 Å². The van der Waals surface area contributed by atoms with Gasteiger partial charge in [-0.3, -0.25) is 4.79 Å². The quantitative estimate of drug-likeness (QED) is 0.612. The van der Waals surface area contributed by atoms with Gasteiger partial charge in [0.05, 0.1) is 19.8 Å². The number of amides is 1. The number of nitrogens with zero attached hydrogens (tertiary/aromatic N) is 2. The van der Waals surface area contributed by atoms with Crippen LogP contribution in [0.1, 0.15) is 27.0 Å². The summed E-state index contributed by atoms with van der Waals surface area (Å²) in [5.74, 6) is 1.49. The van der Waals surface area contributed by atoms with Crippen LogP contribution in [0.15, 0.2) is 54.9 Å². The maximum absolute atomic E-state index is 12.4. The lowest BCUT2D eigenvalue weighted by Crippen LogP contribution is -2.23. The molecule has 0 unspecified atom stereocenters. The molecule has 1 heterocycles. The number of aromatic nitrogens is 2. The number of nitrogens with one attached hydrogen (secondary N) is 2. The van der Waals surface area contributed by atoms with Crippen LogP contribution in [0, 0.1) is 6.92 Å². The Hall–Kier alpha value is -3.61. The van der Waals surface area contributed by atoms with Gasteiger partial charge < -0.3 is 20.1 Å². The summed E-state index contributed by atoms with van der Waals surface area (Å²) in [6, 6.07) is 13.6. The van der Waals surface area contributed by atoms with Gasteiger partial charge in [-0.25, -0.2) is 9.97 Å². The lowest BCUT2D eigenvalue weighted by atomic mass is 10.1. The van der Waals surface area contributed by atoms with E-state index >= 15 is 0 Å². The standard InChI is InChI=1S/C22H24N4O3/c1-15-6-4-5-7-17(15)12-24-22-25-13-18(14-26-22)21(27)23-11-16-8-9-19(28-2)20(10-16)29-3/h4-10,13-14H,11-12H2,1-3H3,(H,23,27)(H,24,25,26). The average Bonchev–Trinajstić information content (AvgIpc) is 2.77. The Bertz CT molecular complexity index is 974. The van der Waals surface area contributed by atoms with Crippen LogP contribution >= 0.6 is 0 Å². The summed E-state index contributed by atoms with van der Waals surface area (Å²) in [5, 5.41) is 6.02. The van der Waals surface area contributed by atoms with Gasteiger partial charge in [-0.1, -0.05) is 30.3 Å². The molecule has 1 amide bonds. The van der Waals surface area contributed by atoms with E-state index in [1.807, 2.05) is 24.3 Å². The van der Waals surface area contributed by atoms with Crippen molar-refractivity contribution in [2.24, 2.45) is 0 Å². The Kier molecular flexibility index (Phi) is 6.63. The number of carbonyl (C=O) groups excluding carboxylic acids is 1. The summed E-state index contributed by atoms with van der Waals surface area (Å²) in [7, 11) is 3.16. The molecule has 3 aromatic rings. The molecule has 0 saturated heterocycles. The summed E-state index contributed by atoms with van der Waals surface area (Å²) in [4.78, 5) is 20.8. The topological polar surface area (TPSA) is 85.4 Å². The van der Waals surface area contributed by atoms with Crippen LogP contribution < -0.4 is 20.1 Å². The predicted molar refractivity (Wildman–Crippen MR) is 111 cm³/mol. The lowest BCUT2D eigenvalue weighted by Gasteiger charge is -2.10. The van der Waals surface area contributed by atoms with E-state index in [-0.39, 0.29) is 5.91 Å². The second-order valence-corrected chi connectivity index (χ2v) is 6.45. The molecule has 7 nitrogen and oxygen atoms in total. The number of carbonyl (C=O) groups is 1. The van der Waals surface area contributed by atoms with Crippen LogP contribution in [-0.2, 0) is 13.1 Å². The smallest absolute Gasteiger partial charge is 0.254 e. The monoisotopic (exact) mass is 392 g/mol. The molecule has 3 rings (SSSR count). The molecule has 0 atom stereocenters. The number of hydrogen-bond donors (Lipinski definition) is 2. The second kappa shape index (κ2) is 9.54. The van der Waals surface area contributed by atoms with Gasteiger partial charge >= 0.3 is 0 Å². The molecule has 0 aliphatic heterocycles. The van der Waals surface area contributed by atoms with Crippen LogP contribution in [0.25, 0.3) is 0 Å². The maximum atomic E-state index is 12.4. The molecule has 0 radical (unpaired) electrons. The van der Waals surface area contributed by atoms with Gasteiger partial charge in [0.15, 0.2) is 11.5 Å². The number of ether oxygens (including phenoxy) is 2. The highest BCUT2D eigenvalue weighted by molar-refractivity contribution is 5.93. The third kappa shape index (κ3) is 5.22. The molecule has 7 heteroatoms. The number of benzene rings is 2. The molecule has 150 valence electrons. The zero-order chi connectivity index (χ0) is 20.6. The third-order valence-corrected chi connectivity index (χ3v) is 4.51. The van der Waals surface area contributed by atoms with Crippen molar-refractivity contribution in [2.45, 2.75) is 20.0 Å². The van der Waals surface area contributed by atoms with Crippen molar-refractivity contribution >= 4 is 11.9 Å². The van der Waals surface area contributed by atoms with Gasteiger partial charge in [0.25, 0.3) is 5.91 Å². The second-order valence-electron chi connectivity index (χ2n) is 6.45. The Morgan fingerprint density at radius 3 is 2.38 bits per heavy atom. The fourth-order valence-corrected chi connectivity index (χ4v) is 2.79. The number of hydrogen-bond acceptors (Lipinski definition) is 6. The van der Waals surface area contributed by atoms with Crippen molar-refractivity contribution in [2.75, 3.05) is 19.5 Å². The van der Waals surface area contributed by atoms with Gasteiger partial charge in [0.2, 0.25) is 5.95 Å². The first-order valence-corrected chi connectivity index (χ1v) is 9.20. The van der Waals surface area contributed by atoms with Gasteiger partial charge in [-0.2, -0.15) is 0 Å². The Morgan fingerprint density at radius 1 is 0.966 bits per heavy atom. The average molecular weight is 392 g/mol. The minimum absolute atomic E-state index is 0.245. The molecular weight excluding hydrogens is 368 g/mol. The minimum Gasteiger partial charge on any atom is -0.493 e. The fourth-order valence-electron chi connectivity index (χ4n) is 2.79. The first kappa shape index (κ1) is 20.1. The van der Waals surface area contributed by atoms with Crippen molar-refractivity contribution < 1.29 is 14.3 Å². The summed E-state index contributed by atoms with van der Waals surface area (Å²) >= 11 is 0. The minimum atomic E-state index is -0.245. The first-order chi connectivity index (χ1) is 14.1. The lowest BCUT2D eigenvalue weighted by molar-refractivity contribution is 0.0950. The molecule has 2 aromatic carbocycles. The maximum Gasteiger partial charge on any atom is 0.254 e. The Morgan fingerprint density at radius 2 is 1.69 bits per heavy atom. The van der Waals surface area contributed by atoms with Crippen molar-refractivity contribution in [3.05, 3.63) is 77.1 Å². The largest absolute Gasteiger partial charge is 0.493 e. The SMILES string of the molecule is COc1ccc(CNC(=O)c2cnc(NCc3ccccc3C)nc2)cc1OC. The molecule has 0 saturated carbocycles. The predicted octanol–water partition coefficient (Wildman–Crippen LogP) is 3.34. The number of aryl methyl sites for hydroxylation is 1. The number of anilines is 1. The van der Waals surface area contributed by atoms with Crippen molar-refractivity contribution in [3.63, 3.8) is 0 Å². The number of methoxy groups -OCH3 is 2. The highest BCUT2D eigenvalue weighted by atomic mass is 16.5. The molecule has 1 aromatic heterocycles. The normalized spacial score (nSPS) is 10.3. The molecule has 29 heavy (non-hydrogen) atoms. The Labute approximate surface area is 170 Å². The van der Waals surface area contributed by atoms with E-state index in [1.165, 1.54) is 23.5 Å². The summed E-state index contributed by atoms with van der Waals surface area (Å²) in [5.41, 5.74) is 3.67. The molecular formula is C22H24N4O3. The van der Waals surface area contributed by atoms with E-state index in [0.29, 0.717) is 36.1 Å². The van der Waals surface area contributed by atoms with E-state index in [1.54, 1.807) is 20.3 Å². The van der Waals surface area contributed by atoms with Crippen molar-refractivity contribution in [1.82, 2.24) is 15.3 Å². The fraction of sp³-hybridized carbons (Fsp3) is 0.227.